The lowest BCUT2D eigenvalue weighted by atomic mass is 10.0. The van der Waals surface area contributed by atoms with E-state index in [2.05, 4.69) is 16.0 Å². The van der Waals surface area contributed by atoms with Crippen molar-refractivity contribution in [3.8, 4) is 0 Å². The lowest BCUT2D eigenvalue weighted by Gasteiger charge is -2.20. The summed E-state index contributed by atoms with van der Waals surface area (Å²) < 4.78 is 0. The largest absolute Gasteiger partial charge is 0.356 e. The zero-order valence-corrected chi connectivity index (χ0v) is 14.5. The molecule has 0 spiro atoms. The number of carbonyl (C=O) groups is 4. The smallest absolute Gasteiger partial charge is 0.242 e. The predicted molar refractivity (Wildman–Crippen MR) is 87.7 cm³/mol. The molecule has 0 aromatic carbocycles. The van der Waals surface area contributed by atoms with Gasteiger partial charge in [-0.3, -0.25) is 19.2 Å². The Balaban J connectivity index is 4.62. The Morgan fingerprint density at radius 1 is 0.957 bits per heavy atom. The van der Waals surface area contributed by atoms with Crippen LogP contribution in [0.2, 0.25) is 0 Å². The molecule has 2 atom stereocenters. The summed E-state index contributed by atoms with van der Waals surface area (Å²) in [6.07, 6.45) is 2.29. The molecule has 2 unspecified atom stereocenters. The van der Waals surface area contributed by atoms with Crippen molar-refractivity contribution < 1.29 is 19.2 Å². The van der Waals surface area contributed by atoms with Crippen LogP contribution in [-0.4, -0.2) is 42.1 Å². The van der Waals surface area contributed by atoms with E-state index in [0.717, 1.165) is 6.42 Å². The van der Waals surface area contributed by atoms with Gasteiger partial charge in [-0.1, -0.05) is 13.8 Å². The molecule has 0 aliphatic rings. The van der Waals surface area contributed by atoms with E-state index >= 15 is 0 Å². The molecule has 7 nitrogen and oxygen atoms in total. The van der Waals surface area contributed by atoms with Crippen LogP contribution in [0.4, 0.5) is 0 Å². The van der Waals surface area contributed by atoms with Crippen LogP contribution in [0, 0.1) is 0 Å². The van der Waals surface area contributed by atoms with Gasteiger partial charge in [0.05, 0.1) is 6.04 Å². The number of Topliss-reactive ketones (excluding diaryl/α,β-unsaturated/α-hetero) is 1. The zero-order valence-electron chi connectivity index (χ0n) is 14.5. The highest BCUT2D eigenvalue weighted by Gasteiger charge is 2.23. The Labute approximate surface area is 138 Å². The SMILES string of the molecule is CCCNC(=O)CCC(NC(=O)C(C)NC(C)=O)C(=O)CCC. The summed E-state index contributed by atoms with van der Waals surface area (Å²) in [5, 5.41) is 7.85. The molecule has 0 saturated carbocycles. The highest BCUT2D eigenvalue weighted by molar-refractivity contribution is 5.92. The molecule has 3 amide bonds. The van der Waals surface area contributed by atoms with Crippen LogP contribution in [0.3, 0.4) is 0 Å². The molecule has 0 aromatic rings. The first-order valence-electron chi connectivity index (χ1n) is 8.18. The molecule has 0 radical (unpaired) electrons. The van der Waals surface area contributed by atoms with Crippen molar-refractivity contribution in [1.29, 1.82) is 0 Å². The first-order chi connectivity index (χ1) is 10.8. The van der Waals surface area contributed by atoms with Crippen LogP contribution in [0.25, 0.3) is 0 Å². The van der Waals surface area contributed by atoms with E-state index < -0.39 is 18.0 Å². The Hall–Kier alpha value is -1.92. The molecule has 0 rings (SSSR count). The second-order valence-electron chi connectivity index (χ2n) is 5.59. The van der Waals surface area contributed by atoms with Gasteiger partial charge in [-0.15, -0.1) is 0 Å². The van der Waals surface area contributed by atoms with Crippen LogP contribution in [0.5, 0.6) is 0 Å². The van der Waals surface area contributed by atoms with E-state index in [1.807, 2.05) is 13.8 Å². The molecule has 0 aliphatic carbocycles. The fraction of sp³-hybridized carbons (Fsp3) is 0.750. The Morgan fingerprint density at radius 3 is 2.13 bits per heavy atom. The number of ketones is 1. The third kappa shape index (κ3) is 9.65. The Morgan fingerprint density at radius 2 is 1.61 bits per heavy atom. The zero-order chi connectivity index (χ0) is 17.8. The molecule has 7 heteroatoms. The Kier molecular flexibility index (Phi) is 10.7. The Bertz CT molecular complexity index is 424. The fourth-order valence-electron chi connectivity index (χ4n) is 2.03. The summed E-state index contributed by atoms with van der Waals surface area (Å²) in [5.74, 6) is -0.976. The fourth-order valence-corrected chi connectivity index (χ4v) is 2.03. The van der Waals surface area contributed by atoms with Crippen LogP contribution in [0.15, 0.2) is 0 Å². The highest BCUT2D eigenvalue weighted by atomic mass is 16.2. The van der Waals surface area contributed by atoms with Gasteiger partial charge in [-0.25, -0.2) is 0 Å². The van der Waals surface area contributed by atoms with Crippen molar-refractivity contribution in [3.63, 3.8) is 0 Å². The molecule has 3 N–H and O–H groups in total. The number of hydrogen-bond acceptors (Lipinski definition) is 4. The molecule has 0 bridgehead atoms. The number of amides is 3. The van der Waals surface area contributed by atoms with E-state index in [9.17, 15) is 19.2 Å². The molecular weight excluding hydrogens is 298 g/mol. The molecule has 0 fully saturated rings. The lowest BCUT2D eigenvalue weighted by Crippen LogP contribution is -2.50. The van der Waals surface area contributed by atoms with Crippen LogP contribution < -0.4 is 16.0 Å². The van der Waals surface area contributed by atoms with Crippen LogP contribution in [0.1, 0.15) is 59.8 Å². The third-order valence-corrected chi connectivity index (χ3v) is 3.25. The average molecular weight is 327 g/mol. The number of hydrogen-bond donors (Lipinski definition) is 3. The van der Waals surface area contributed by atoms with Gasteiger partial charge in [-0.2, -0.15) is 0 Å². The van der Waals surface area contributed by atoms with Crippen molar-refractivity contribution in [1.82, 2.24) is 16.0 Å². The van der Waals surface area contributed by atoms with Crippen LogP contribution >= 0.6 is 0 Å². The van der Waals surface area contributed by atoms with Crippen molar-refractivity contribution >= 4 is 23.5 Å². The van der Waals surface area contributed by atoms with E-state index in [4.69, 9.17) is 0 Å². The van der Waals surface area contributed by atoms with Crippen molar-refractivity contribution in [2.45, 2.75) is 71.9 Å². The molecule has 0 saturated heterocycles. The van der Waals surface area contributed by atoms with Gasteiger partial charge in [0.15, 0.2) is 5.78 Å². The van der Waals surface area contributed by atoms with E-state index in [1.165, 1.54) is 6.92 Å². The topological polar surface area (TPSA) is 104 Å². The third-order valence-electron chi connectivity index (χ3n) is 3.25. The average Bonchev–Trinajstić information content (AvgIpc) is 2.48. The maximum atomic E-state index is 12.1. The van der Waals surface area contributed by atoms with Crippen molar-refractivity contribution in [2.24, 2.45) is 0 Å². The molecule has 0 aromatic heterocycles. The summed E-state index contributed by atoms with van der Waals surface area (Å²) in [6.45, 7) is 7.30. The van der Waals surface area contributed by atoms with Gasteiger partial charge in [0, 0.05) is 26.3 Å². The molecule has 0 heterocycles. The number of rotatable bonds is 11. The minimum atomic E-state index is -0.724. The molecule has 23 heavy (non-hydrogen) atoms. The molecular formula is C16H29N3O4. The first kappa shape index (κ1) is 21.1. The van der Waals surface area contributed by atoms with Gasteiger partial charge >= 0.3 is 0 Å². The summed E-state index contributed by atoms with van der Waals surface area (Å²) in [7, 11) is 0. The summed E-state index contributed by atoms with van der Waals surface area (Å²) in [6, 6.07) is -1.43. The van der Waals surface area contributed by atoms with Gasteiger partial charge in [0.25, 0.3) is 0 Å². The van der Waals surface area contributed by atoms with E-state index in [-0.39, 0.29) is 30.4 Å². The van der Waals surface area contributed by atoms with Gasteiger partial charge in [0.1, 0.15) is 6.04 Å². The highest BCUT2D eigenvalue weighted by Crippen LogP contribution is 2.05. The summed E-state index contributed by atoms with van der Waals surface area (Å²) >= 11 is 0. The molecule has 132 valence electrons. The van der Waals surface area contributed by atoms with Crippen molar-refractivity contribution in [3.05, 3.63) is 0 Å². The lowest BCUT2D eigenvalue weighted by molar-refractivity contribution is -0.131. The number of nitrogens with one attached hydrogen (secondary N) is 3. The maximum Gasteiger partial charge on any atom is 0.242 e. The van der Waals surface area contributed by atoms with Gasteiger partial charge < -0.3 is 16.0 Å². The maximum absolute atomic E-state index is 12.1. The summed E-state index contributed by atoms with van der Waals surface area (Å²) in [5.41, 5.74) is 0. The number of carbonyl (C=O) groups excluding carboxylic acids is 4. The minimum absolute atomic E-state index is 0.0980. The van der Waals surface area contributed by atoms with E-state index in [0.29, 0.717) is 19.4 Å². The summed E-state index contributed by atoms with van der Waals surface area (Å²) in [4.78, 5) is 46.8. The van der Waals surface area contributed by atoms with Gasteiger partial charge in [0.2, 0.25) is 17.7 Å². The predicted octanol–water partition coefficient (Wildman–Crippen LogP) is 0.671. The van der Waals surface area contributed by atoms with Crippen molar-refractivity contribution in [2.75, 3.05) is 6.54 Å². The normalized spacial score (nSPS) is 12.9. The van der Waals surface area contributed by atoms with Crippen LogP contribution in [-0.2, 0) is 19.2 Å². The standard InChI is InChI=1S/C16H29N3O4/c1-5-7-14(21)13(8-9-15(22)17-10-6-2)19-16(23)11(3)18-12(4)20/h11,13H,5-10H2,1-4H3,(H,17,22)(H,18,20)(H,19,23). The monoisotopic (exact) mass is 327 g/mol. The van der Waals surface area contributed by atoms with Gasteiger partial charge in [-0.05, 0) is 26.2 Å². The first-order valence-corrected chi connectivity index (χ1v) is 8.18. The molecule has 0 aliphatic heterocycles. The quantitative estimate of drug-likeness (QED) is 0.519. The minimum Gasteiger partial charge on any atom is -0.356 e. The second-order valence-corrected chi connectivity index (χ2v) is 5.59. The second kappa shape index (κ2) is 11.6. The van der Waals surface area contributed by atoms with E-state index in [1.54, 1.807) is 6.92 Å².